The van der Waals surface area contributed by atoms with Gasteiger partial charge in [0.25, 0.3) is 5.91 Å². The number of halogens is 1. The Bertz CT molecular complexity index is 858. The second-order valence-corrected chi connectivity index (χ2v) is 7.25. The number of nitrogens with one attached hydrogen (secondary N) is 1. The largest absolute Gasteiger partial charge is 0.487 e. The summed E-state index contributed by atoms with van der Waals surface area (Å²) < 4.78 is 24.4. The fourth-order valence-corrected chi connectivity index (χ4v) is 3.30. The van der Waals surface area contributed by atoms with Crippen LogP contribution in [0.5, 0.6) is 11.5 Å². The molecule has 1 aliphatic heterocycles. The molecule has 2 amide bonds. The van der Waals surface area contributed by atoms with E-state index in [1.165, 1.54) is 29.2 Å². The van der Waals surface area contributed by atoms with Gasteiger partial charge in [-0.2, -0.15) is 0 Å². The van der Waals surface area contributed by atoms with Crippen molar-refractivity contribution in [1.29, 1.82) is 0 Å². The molecule has 0 unspecified atom stereocenters. The molecule has 1 aromatic carbocycles. The zero-order valence-electron chi connectivity index (χ0n) is 15.8. The number of rotatable bonds is 7. The summed E-state index contributed by atoms with van der Waals surface area (Å²) in [7, 11) is 0. The zero-order valence-corrected chi connectivity index (χ0v) is 15.8. The summed E-state index contributed by atoms with van der Waals surface area (Å²) in [5.41, 5.74) is 0. The average Bonchev–Trinajstić information content (AvgIpc) is 3.44. The monoisotopic (exact) mass is 399 g/mol. The van der Waals surface area contributed by atoms with Gasteiger partial charge < -0.3 is 19.7 Å². The molecule has 1 aromatic heterocycles. The molecular weight excluding hydrogens is 377 g/mol. The Hall–Kier alpha value is -3.16. The number of ether oxygens (including phenoxy) is 2. The Morgan fingerprint density at radius 2 is 1.97 bits per heavy atom. The number of benzene rings is 1. The van der Waals surface area contributed by atoms with E-state index in [0.717, 1.165) is 12.8 Å². The number of nitrogens with zero attached hydrogens (tertiary/aromatic N) is 2. The minimum absolute atomic E-state index is 0.167. The van der Waals surface area contributed by atoms with Crippen molar-refractivity contribution < 1.29 is 23.5 Å². The van der Waals surface area contributed by atoms with Crippen LogP contribution in [0.15, 0.2) is 48.8 Å². The van der Waals surface area contributed by atoms with Gasteiger partial charge in [0.05, 0.1) is 12.7 Å². The highest BCUT2D eigenvalue weighted by Crippen LogP contribution is 2.25. The van der Waals surface area contributed by atoms with E-state index in [9.17, 15) is 14.0 Å². The van der Waals surface area contributed by atoms with Gasteiger partial charge in [0.2, 0.25) is 5.91 Å². The SMILES string of the molecule is O=C(NC1CC1)[C@@H]1C[C@H](Oc2cccnc2)CN1C(=O)COc1ccc(F)cc1. The van der Waals surface area contributed by atoms with Crippen molar-refractivity contribution in [1.82, 2.24) is 15.2 Å². The molecule has 29 heavy (non-hydrogen) atoms. The minimum Gasteiger partial charge on any atom is -0.487 e. The maximum atomic E-state index is 13.0. The van der Waals surface area contributed by atoms with Crippen molar-refractivity contribution in [3.63, 3.8) is 0 Å². The molecule has 4 rings (SSSR count). The number of amides is 2. The molecule has 1 saturated heterocycles. The highest BCUT2D eigenvalue weighted by Gasteiger charge is 2.42. The van der Waals surface area contributed by atoms with E-state index in [1.807, 2.05) is 0 Å². The van der Waals surface area contributed by atoms with Gasteiger partial charge in [0.1, 0.15) is 29.5 Å². The van der Waals surface area contributed by atoms with Gasteiger partial charge in [-0.1, -0.05) is 0 Å². The van der Waals surface area contributed by atoms with Crippen LogP contribution in [0.2, 0.25) is 0 Å². The molecule has 7 nitrogen and oxygen atoms in total. The summed E-state index contributed by atoms with van der Waals surface area (Å²) >= 11 is 0. The first kappa shape index (κ1) is 19.2. The van der Waals surface area contributed by atoms with Crippen LogP contribution in [-0.4, -0.2) is 53.0 Å². The summed E-state index contributed by atoms with van der Waals surface area (Å²) in [6, 6.07) is 8.58. The Kier molecular flexibility index (Phi) is 5.59. The van der Waals surface area contributed by atoms with Crippen molar-refractivity contribution in [2.75, 3.05) is 13.2 Å². The van der Waals surface area contributed by atoms with Crippen molar-refractivity contribution in [2.45, 2.75) is 37.5 Å². The molecule has 2 fully saturated rings. The van der Waals surface area contributed by atoms with Gasteiger partial charge in [-0.15, -0.1) is 0 Å². The van der Waals surface area contributed by atoms with Crippen LogP contribution in [0, 0.1) is 5.82 Å². The number of carbonyl (C=O) groups excluding carboxylic acids is 2. The topological polar surface area (TPSA) is 80.8 Å². The second-order valence-electron chi connectivity index (χ2n) is 7.25. The smallest absolute Gasteiger partial charge is 0.261 e. The average molecular weight is 399 g/mol. The molecule has 0 radical (unpaired) electrons. The lowest BCUT2D eigenvalue weighted by molar-refractivity contribution is -0.140. The van der Waals surface area contributed by atoms with Crippen LogP contribution < -0.4 is 14.8 Å². The highest BCUT2D eigenvalue weighted by molar-refractivity contribution is 5.89. The van der Waals surface area contributed by atoms with E-state index in [2.05, 4.69) is 10.3 Å². The highest BCUT2D eigenvalue weighted by atomic mass is 19.1. The van der Waals surface area contributed by atoms with E-state index in [-0.39, 0.29) is 42.9 Å². The number of pyridine rings is 1. The fourth-order valence-electron chi connectivity index (χ4n) is 3.30. The first-order valence-corrected chi connectivity index (χ1v) is 9.63. The van der Waals surface area contributed by atoms with Crippen LogP contribution in [0.3, 0.4) is 0 Å². The van der Waals surface area contributed by atoms with Gasteiger partial charge in [0.15, 0.2) is 6.61 Å². The quantitative estimate of drug-likeness (QED) is 0.770. The summed E-state index contributed by atoms with van der Waals surface area (Å²) in [6.45, 7) is 0.0434. The molecule has 0 spiro atoms. The summed E-state index contributed by atoms with van der Waals surface area (Å²) in [5.74, 6) is 0.120. The van der Waals surface area contributed by atoms with Crippen LogP contribution in [0.4, 0.5) is 4.39 Å². The third-order valence-corrected chi connectivity index (χ3v) is 4.92. The van der Waals surface area contributed by atoms with Crippen LogP contribution in [0.25, 0.3) is 0 Å². The lowest BCUT2D eigenvalue weighted by atomic mass is 10.2. The van der Waals surface area contributed by atoms with Crippen LogP contribution >= 0.6 is 0 Å². The summed E-state index contributed by atoms with van der Waals surface area (Å²) in [5, 5.41) is 2.96. The molecule has 1 saturated carbocycles. The normalized spacial score (nSPS) is 20.9. The molecule has 0 bridgehead atoms. The van der Waals surface area contributed by atoms with E-state index >= 15 is 0 Å². The van der Waals surface area contributed by atoms with E-state index < -0.39 is 6.04 Å². The van der Waals surface area contributed by atoms with Crippen molar-refractivity contribution in [3.8, 4) is 11.5 Å². The van der Waals surface area contributed by atoms with Gasteiger partial charge >= 0.3 is 0 Å². The van der Waals surface area contributed by atoms with Gasteiger partial charge in [-0.25, -0.2) is 4.39 Å². The third kappa shape index (κ3) is 5.01. The lowest BCUT2D eigenvalue weighted by Gasteiger charge is -2.23. The molecule has 2 atom stereocenters. The number of carbonyl (C=O) groups is 2. The standard InChI is InChI=1S/C21H22FN3O4/c22-14-3-7-16(8-4-14)28-13-20(26)25-12-18(29-17-2-1-9-23-11-17)10-19(25)21(27)24-15-5-6-15/h1-4,7-9,11,15,18-19H,5-6,10,12-13H2,(H,24,27)/t18-,19-/m0/s1. The molecule has 8 heteroatoms. The lowest BCUT2D eigenvalue weighted by Crippen LogP contribution is -2.48. The molecule has 2 aromatic rings. The second kappa shape index (κ2) is 8.46. The number of hydrogen-bond donors (Lipinski definition) is 1. The van der Waals surface area contributed by atoms with Crippen LogP contribution in [-0.2, 0) is 9.59 Å². The van der Waals surface area contributed by atoms with Crippen molar-refractivity contribution in [2.24, 2.45) is 0 Å². The molecular formula is C21H22FN3O4. The van der Waals surface area contributed by atoms with Crippen molar-refractivity contribution >= 4 is 11.8 Å². The molecule has 1 aliphatic carbocycles. The van der Waals surface area contributed by atoms with Crippen LogP contribution in [0.1, 0.15) is 19.3 Å². The van der Waals surface area contributed by atoms with E-state index in [1.54, 1.807) is 24.5 Å². The third-order valence-electron chi connectivity index (χ3n) is 4.92. The zero-order chi connectivity index (χ0) is 20.2. The first-order valence-electron chi connectivity index (χ1n) is 9.63. The molecule has 2 heterocycles. The van der Waals surface area contributed by atoms with Crippen molar-refractivity contribution in [3.05, 3.63) is 54.6 Å². The van der Waals surface area contributed by atoms with E-state index in [0.29, 0.717) is 17.9 Å². The Morgan fingerprint density at radius 1 is 1.17 bits per heavy atom. The summed E-state index contributed by atoms with van der Waals surface area (Å²) in [4.78, 5) is 31.0. The molecule has 2 aliphatic rings. The molecule has 1 N–H and O–H groups in total. The Morgan fingerprint density at radius 3 is 2.66 bits per heavy atom. The maximum Gasteiger partial charge on any atom is 0.261 e. The maximum absolute atomic E-state index is 13.0. The Balaban J connectivity index is 1.41. The predicted octanol–water partition coefficient (Wildman–Crippen LogP) is 1.93. The first-order chi connectivity index (χ1) is 14.1. The predicted molar refractivity (Wildman–Crippen MR) is 102 cm³/mol. The number of hydrogen-bond acceptors (Lipinski definition) is 5. The minimum atomic E-state index is -0.610. The van der Waals surface area contributed by atoms with E-state index in [4.69, 9.17) is 9.47 Å². The number of likely N-dealkylation sites (tertiary alicyclic amines) is 1. The molecule has 152 valence electrons. The van der Waals surface area contributed by atoms with Gasteiger partial charge in [-0.3, -0.25) is 14.6 Å². The number of aromatic nitrogens is 1. The van der Waals surface area contributed by atoms with Gasteiger partial charge in [-0.05, 0) is 49.2 Å². The summed E-state index contributed by atoms with van der Waals surface area (Å²) in [6.07, 6.45) is 5.27. The fraction of sp³-hybridized carbons (Fsp3) is 0.381. The van der Waals surface area contributed by atoms with Gasteiger partial charge in [0, 0.05) is 18.7 Å². The Labute approximate surface area is 167 Å².